The summed E-state index contributed by atoms with van der Waals surface area (Å²) in [5, 5.41) is 2.72. The number of rotatable bonds is 6. The molecule has 0 spiro atoms. The molecule has 126 valence electrons. The second-order valence-corrected chi connectivity index (χ2v) is 5.40. The lowest BCUT2D eigenvalue weighted by Gasteiger charge is -2.12. The SMILES string of the molecule is COC(=O)c1ccccc1NC(=O)CCOc1c(C)cccc1C. The Bertz CT molecular complexity index is 720. The fourth-order valence-electron chi connectivity index (χ4n) is 2.37. The largest absolute Gasteiger partial charge is 0.493 e. The van der Waals surface area contributed by atoms with Gasteiger partial charge in [0.2, 0.25) is 5.91 Å². The number of ether oxygens (including phenoxy) is 2. The summed E-state index contributed by atoms with van der Waals surface area (Å²) in [6.45, 7) is 4.20. The molecule has 2 rings (SSSR count). The van der Waals surface area contributed by atoms with E-state index in [2.05, 4.69) is 5.32 Å². The van der Waals surface area contributed by atoms with Gasteiger partial charge in [-0.3, -0.25) is 4.79 Å². The van der Waals surface area contributed by atoms with Crippen LogP contribution in [0.15, 0.2) is 42.5 Å². The van der Waals surface area contributed by atoms with Crippen molar-refractivity contribution >= 4 is 17.6 Å². The molecule has 0 aromatic heterocycles. The quantitative estimate of drug-likeness (QED) is 0.825. The molecule has 5 nitrogen and oxygen atoms in total. The van der Waals surface area contributed by atoms with Crippen LogP contribution in [0.1, 0.15) is 27.9 Å². The number of aryl methyl sites for hydroxylation is 2. The van der Waals surface area contributed by atoms with Crippen LogP contribution in [0.5, 0.6) is 5.75 Å². The highest BCUT2D eigenvalue weighted by atomic mass is 16.5. The van der Waals surface area contributed by atoms with E-state index in [0.29, 0.717) is 11.3 Å². The van der Waals surface area contributed by atoms with Crippen LogP contribution in [-0.4, -0.2) is 25.6 Å². The summed E-state index contributed by atoms with van der Waals surface area (Å²) in [5.74, 6) is 0.0931. The lowest BCUT2D eigenvalue weighted by Crippen LogP contribution is -2.17. The van der Waals surface area contributed by atoms with E-state index < -0.39 is 5.97 Å². The van der Waals surface area contributed by atoms with Crippen molar-refractivity contribution < 1.29 is 19.1 Å². The van der Waals surface area contributed by atoms with Gasteiger partial charge in [-0.05, 0) is 37.1 Å². The number of anilines is 1. The third kappa shape index (κ3) is 4.35. The van der Waals surface area contributed by atoms with Crippen LogP contribution < -0.4 is 10.1 Å². The summed E-state index contributed by atoms with van der Waals surface area (Å²) in [5.41, 5.74) is 2.82. The zero-order valence-electron chi connectivity index (χ0n) is 14.1. The smallest absolute Gasteiger partial charge is 0.339 e. The Balaban J connectivity index is 1.94. The van der Waals surface area contributed by atoms with Crippen molar-refractivity contribution in [2.45, 2.75) is 20.3 Å². The van der Waals surface area contributed by atoms with Crippen molar-refractivity contribution in [3.63, 3.8) is 0 Å². The molecule has 1 N–H and O–H groups in total. The number of esters is 1. The molecule has 1 amide bonds. The van der Waals surface area contributed by atoms with Crippen LogP contribution in [0, 0.1) is 13.8 Å². The second kappa shape index (κ2) is 8.15. The van der Waals surface area contributed by atoms with E-state index >= 15 is 0 Å². The predicted molar refractivity (Wildman–Crippen MR) is 92.4 cm³/mol. The van der Waals surface area contributed by atoms with E-state index in [4.69, 9.17) is 9.47 Å². The zero-order chi connectivity index (χ0) is 17.5. The van der Waals surface area contributed by atoms with Crippen molar-refractivity contribution in [2.75, 3.05) is 19.0 Å². The Hall–Kier alpha value is -2.82. The monoisotopic (exact) mass is 327 g/mol. The van der Waals surface area contributed by atoms with Crippen molar-refractivity contribution in [2.24, 2.45) is 0 Å². The summed E-state index contributed by atoms with van der Waals surface area (Å²) >= 11 is 0. The molecule has 0 aliphatic heterocycles. The Labute approximate surface area is 141 Å². The molecule has 24 heavy (non-hydrogen) atoms. The normalized spacial score (nSPS) is 10.1. The molecule has 0 fully saturated rings. The number of carbonyl (C=O) groups excluding carboxylic acids is 2. The Morgan fingerprint density at radius 1 is 1.00 bits per heavy atom. The first-order valence-electron chi connectivity index (χ1n) is 7.69. The highest BCUT2D eigenvalue weighted by Gasteiger charge is 2.13. The molecule has 0 saturated carbocycles. The molecule has 0 unspecified atom stereocenters. The van der Waals surface area contributed by atoms with E-state index in [9.17, 15) is 9.59 Å². The summed E-state index contributed by atoms with van der Waals surface area (Å²) in [7, 11) is 1.30. The van der Waals surface area contributed by atoms with Crippen molar-refractivity contribution in [1.29, 1.82) is 0 Å². The first-order chi connectivity index (χ1) is 11.5. The highest BCUT2D eigenvalue weighted by molar-refractivity contribution is 6.01. The van der Waals surface area contributed by atoms with Gasteiger partial charge in [0, 0.05) is 0 Å². The summed E-state index contributed by atoms with van der Waals surface area (Å²) in [6.07, 6.45) is 0.184. The van der Waals surface area contributed by atoms with E-state index in [1.54, 1.807) is 24.3 Å². The molecule has 2 aromatic rings. The minimum atomic E-state index is -0.488. The van der Waals surface area contributed by atoms with Gasteiger partial charge in [0.1, 0.15) is 5.75 Å². The van der Waals surface area contributed by atoms with E-state index in [1.165, 1.54) is 7.11 Å². The molecule has 0 heterocycles. The molecule has 0 radical (unpaired) electrons. The third-order valence-corrected chi connectivity index (χ3v) is 3.59. The van der Waals surface area contributed by atoms with Gasteiger partial charge in [0.25, 0.3) is 0 Å². The van der Waals surface area contributed by atoms with Gasteiger partial charge in [0.15, 0.2) is 0 Å². The van der Waals surface area contributed by atoms with Gasteiger partial charge < -0.3 is 14.8 Å². The van der Waals surface area contributed by atoms with Gasteiger partial charge in [0.05, 0.1) is 31.4 Å². The molecule has 0 saturated heterocycles. The zero-order valence-corrected chi connectivity index (χ0v) is 14.1. The number of hydrogen-bond donors (Lipinski definition) is 1. The molecule has 0 bridgehead atoms. The van der Waals surface area contributed by atoms with Crippen LogP contribution in [0.3, 0.4) is 0 Å². The Kier molecular flexibility index (Phi) is 5.95. The van der Waals surface area contributed by atoms with E-state index in [1.807, 2.05) is 32.0 Å². The first kappa shape index (κ1) is 17.5. The molecule has 5 heteroatoms. The molecule has 2 aromatic carbocycles. The average molecular weight is 327 g/mol. The van der Waals surface area contributed by atoms with Gasteiger partial charge in [-0.15, -0.1) is 0 Å². The minimum absolute atomic E-state index is 0.184. The fraction of sp³-hybridized carbons (Fsp3) is 0.263. The maximum absolute atomic E-state index is 12.1. The molecule has 0 aliphatic rings. The number of nitrogens with one attached hydrogen (secondary N) is 1. The topological polar surface area (TPSA) is 64.6 Å². The Morgan fingerprint density at radius 2 is 1.67 bits per heavy atom. The van der Waals surface area contributed by atoms with Crippen LogP contribution in [-0.2, 0) is 9.53 Å². The molecule has 0 atom stereocenters. The average Bonchev–Trinajstić information content (AvgIpc) is 2.57. The third-order valence-electron chi connectivity index (χ3n) is 3.59. The van der Waals surface area contributed by atoms with Crippen molar-refractivity contribution in [1.82, 2.24) is 0 Å². The maximum atomic E-state index is 12.1. The predicted octanol–water partition coefficient (Wildman–Crippen LogP) is 3.50. The minimum Gasteiger partial charge on any atom is -0.493 e. The second-order valence-electron chi connectivity index (χ2n) is 5.40. The maximum Gasteiger partial charge on any atom is 0.339 e. The number of amides is 1. The summed E-state index contributed by atoms with van der Waals surface area (Å²) < 4.78 is 10.4. The summed E-state index contributed by atoms with van der Waals surface area (Å²) in [4.78, 5) is 23.8. The number of hydrogen-bond acceptors (Lipinski definition) is 4. The van der Waals surface area contributed by atoms with Crippen molar-refractivity contribution in [3.8, 4) is 5.75 Å². The number of para-hydroxylation sites is 2. The van der Waals surface area contributed by atoms with Gasteiger partial charge in [-0.25, -0.2) is 4.79 Å². The summed E-state index contributed by atoms with van der Waals surface area (Å²) in [6, 6.07) is 12.6. The Morgan fingerprint density at radius 3 is 2.33 bits per heavy atom. The van der Waals surface area contributed by atoms with Gasteiger partial charge in [-0.1, -0.05) is 30.3 Å². The lowest BCUT2D eigenvalue weighted by molar-refractivity contribution is -0.116. The van der Waals surface area contributed by atoms with Gasteiger partial charge in [-0.2, -0.15) is 0 Å². The number of carbonyl (C=O) groups is 2. The number of methoxy groups -OCH3 is 1. The highest BCUT2D eigenvalue weighted by Crippen LogP contribution is 2.22. The van der Waals surface area contributed by atoms with Crippen molar-refractivity contribution in [3.05, 3.63) is 59.2 Å². The van der Waals surface area contributed by atoms with E-state index in [0.717, 1.165) is 16.9 Å². The molecular formula is C19H21NO4. The standard InChI is InChI=1S/C19H21NO4/c1-13-7-6-8-14(2)18(13)24-12-11-17(21)20-16-10-5-4-9-15(16)19(22)23-3/h4-10H,11-12H2,1-3H3,(H,20,21). The number of benzene rings is 2. The fourth-order valence-corrected chi connectivity index (χ4v) is 2.37. The van der Waals surface area contributed by atoms with Crippen LogP contribution in [0.25, 0.3) is 0 Å². The van der Waals surface area contributed by atoms with Gasteiger partial charge >= 0.3 is 5.97 Å². The molecule has 0 aliphatic carbocycles. The molecular weight excluding hydrogens is 306 g/mol. The van der Waals surface area contributed by atoms with Crippen LogP contribution >= 0.6 is 0 Å². The lowest BCUT2D eigenvalue weighted by atomic mass is 10.1. The van der Waals surface area contributed by atoms with Crippen LogP contribution in [0.4, 0.5) is 5.69 Å². The first-order valence-corrected chi connectivity index (χ1v) is 7.69. The van der Waals surface area contributed by atoms with E-state index in [-0.39, 0.29) is 18.9 Å². The van der Waals surface area contributed by atoms with Crippen LogP contribution in [0.2, 0.25) is 0 Å².